The van der Waals surface area contributed by atoms with Crippen LogP contribution in [0.25, 0.3) is 20.4 Å². The quantitative estimate of drug-likeness (QED) is 0.618. The summed E-state index contributed by atoms with van der Waals surface area (Å²) in [6, 6.07) is 3.91. The number of aromatic nitrogens is 2. The molecular weight excluding hydrogens is 342 g/mol. The summed E-state index contributed by atoms with van der Waals surface area (Å²) in [4.78, 5) is 21.4. The van der Waals surface area contributed by atoms with E-state index in [1.807, 2.05) is 26.0 Å². The lowest BCUT2D eigenvalue weighted by molar-refractivity contribution is -0.121. The lowest BCUT2D eigenvalue weighted by atomic mass is 9.89. The van der Waals surface area contributed by atoms with Crippen LogP contribution in [0.5, 0.6) is 0 Å². The number of nitrogen functional groups attached to an aromatic ring is 1. The Bertz CT molecular complexity index is 828. The smallest absolute Gasteiger partial charge is 0.246 e. The monoisotopic (exact) mass is 363 g/mol. The van der Waals surface area contributed by atoms with Crippen molar-refractivity contribution < 1.29 is 4.79 Å². The lowest BCUT2D eigenvalue weighted by Gasteiger charge is -2.26. The number of benzene rings is 1. The molecule has 2 heterocycles. The van der Waals surface area contributed by atoms with Crippen LogP contribution < -0.4 is 16.8 Å². The van der Waals surface area contributed by atoms with Crippen molar-refractivity contribution >= 4 is 59.3 Å². The van der Waals surface area contributed by atoms with Crippen LogP contribution in [0.1, 0.15) is 39.5 Å². The van der Waals surface area contributed by atoms with E-state index < -0.39 is 5.54 Å². The first-order valence-corrected chi connectivity index (χ1v) is 9.65. The Morgan fingerprint density at radius 3 is 2.42 bits per heavy atom. The Morgan fingerprint density at radius 2 is 1.75 bits per heavy atom. The van der Waals surface area contributed by atoms with Gasteiger partial charge in [-0.05, 0) is 25.0 Å². The number of fused-ring (bicyclic) bond motifs is 2. The van der Waals surface area contributed by atoms with Gasteiger partial charge in [-0.25, -0.2) is 9.97 Å². The van der Waals surface area contributed by atoms with Gasteiger partial charge in [0, 0.05) is 0 Å². The largest absolute Gasteiger partial charge is 0.375 e. The molecular formula is C16H21N5OS2. The highest BCUT2D eigenvalue weighted by molar-refractivity contribution is 7.24. The Hall–Kier alpha value is -1.77. The van der Waals surface area contributed by atoms with Gasteiger partial charge in [0.25, 0.3) is 0 Å². The van der Waals surface area contributed by atoms with Gasteiger partial charge in [0.1, 0.15) is 0 Å². The number of nitrogens with two attached hydrogens (primary N) is 2. The SMILES string of the molecule is CCCC(N)(CCC)C(=O)Nc1nc2cc3nc(N)sc3cc2s1. The average Bonchev–Trinajstić information content (AvgIpc) is 3.05. The first-order valence-electron chi connectivity index (χ1n) is 8.02. The first kappa shape index (κ1) is 17.1. The molecule has 6 nitrogen and oxygen atoms in total. The van der Waals surface area contributed by atoms with E-state index in [0.29, 0.717) is 23.1 Å². The topological polar surface area (TPSA) is 107 Å². The standard InChI is InChI=1S/C16H21N5OS2/c1-3-5-16(18,6-4-2)13(22)21-15-20-10-7-9-11(8-12(10)24-15)23-14(17)19-9/h7-8H,3-6,18H2,1-2H3,(H2,17,19)(H,20,21,22). The molecule has 0 radical (unpaired) electrons. The summed E-state index contributed by atoms with van der Waals surface area (Å²) in [5.41, 5.74) is 12.9. The molecule has 5 N–H and O–H groups in total. The zero-order chi connectivity index (χ0) is 17.3. The van der Waals surface area contributed by atoms with E-state index in [-0.39, 0.29) is 5.91 Å². The third-order valence-electron chi connectivity index (χ3n) is 3.98. The maximum absolute atomic E-state index is 12.6. The van der Waals surface area contributed by atoms with Crippen LogP contribution in [-0.4, -0.2) is 21.4 Å². The maximum Gasteiger partial charge on any atom is 0.246 e. The third-order valence-corrected chi connectivity index (χ3v) is 5.76. The van der Waals surface area contributed by atoms with Crippen molar-refractivity contribution in [2.45, 2.75) is 45.1 Å². The van der Waals surface area contributed by atoms with Crippen LogP contribution >= 0.6 is 22.7 Å². The molecule has 0 saturated heterocycles. The summed E-state index contributed by atoms with van der Waals surface area (Å²) >= 11 is 2.89. The molecule has 0 aliphatic heterocycles. The molecule has 128 valence electrons. The van der Waals surface area contributed by atoms with Crippen molar-refractivity contribution in [3.63, 3.8) is 0 Å². The third kappa shape index (κ3) is 3.22. The highest BCUT2D eigenvalue weighted by Gasteiger charge is 2.32. The lowest BCUT2D eigenvalue weighted by Crippen LogP contribution is -2.51. The highest BCUT2D eigenvalue weighted by atomic mass is 32.1. The predicted molar refractivity (Wildman–Crippen MR) is 103 cm³/mol. The second-order valence-corrected chi connectivity index (χ2v) is 8.06. The van der Waals surface area contributed by atoms with Crippen molar-refractivity contribution in [1.82, 2.24) is 9.97 Å². The molecule has 0 fully saturated rings. The van der Waals surface area contributed by atoms with Gasteiger partial charge in [-0.1, -0.05) is 49.4 Å². The second-order valence-electron chi connectivity index (χ2n) is 5.97. The summed E-state index contributed by atoms with van der Waals surface area (Å²) in [5, 5.41) is 4.02. The second kappa shape index (κ2) is 6.62. The summed E-state index contributed by atoms with van der Waals surface area (Å²) in [6.45, 7) is 4.07. The minimum Gasteiger partial charge on any atom is -0.375 e. The number of carbonyl (C=O) groups excluding carboxylic acids is 1. The van der Waals surface area contributed by atoms with E-state index in [2.05, 4.69) is 15.3 Å². The van der Waals surface area contributed by atoms with Gasteiger partial charge < -0.3 is 16.8 Å². The molecule has 0 unspecified atom stereocenters. The van der Waals surface area contributed by atoms with Gasteiger partial charge in [0.2, 0.25) is 5.91 Å². The van der Waals surface area contributed by atoms with Crippen LogP contribution in [0, 0.1) is 0 Å². The Labute approximate surface area is 148 Å². The van der Waals surface area contributed by atoms with Crippen LogP contribution in [0.3, 0.4) is 0 Å². The van der Waals surface area contributed by atoms with Crippen molar-refractivity contribution in [1.29, 1.82) is 0 Å². The molecule has 8 heteroatoms. The number of amides is 1. The number of carbonyl (C=O) groups is 1. The Balaban J connectivity index is 1.87. The van der Waals surface area contributed by atoms with Crippen molar-refractivity contribution in [2.75, 3.05) is 11.1 Å². The molecule has 3 rings (SSSR count). The van der Waals surface area contributed by atoms with E-state index in [1.54, 1.807) is 0 Å². The van der Waals surface area contributed by atoms with Crippen LogP contribution in [0.2, 0.25) is 0 Å². The predicted octanol–water partition coefficient (Wildman–Crippen LogP) is 3.72. The Kier molecular flexibility index (Phi) is 4.71. The van der Waals surface area contributed by atoms with Crippen molar-refractivity contribution in [2.24, 2.45) is 5.73 Å². The zero-order valence-electron chi connectivity index (χ0n) is 13.8. The molecule has 0 atom stereocenters. The van der Waals surface area contributed by atoms with E-state index in [0.717, 1.165) is 33.3 Å². The zero-order valence-corrected chi connectivity index (χ0v) is 15.4. The Morgan fingerprint density at radius 1 is 1.12 bits per heavy atom. The van der Waals surface area contributed by atoms with Gasteiger partial charge >= 0.3 is 0 Å². The fourth-order valence-corrected chi connectivity index (χ4v) is 4.60. The van der Waals surface area contributed by atoms with Crippen molar-refractivity contribution in [3.8, 4) is 0 Å². The molecule has 0 aliphatic carbocycles. The summed E-state index contributed by atoms with van der Waals surface area (Å²) in [7, 11) is 0. The number of thiazole rings is 2. The normalized spacial score (nSPS) is 12.1. The van der Waals surface area contributed by atoms with Gasteiger partial charge in [-0.3, -0.25) is 4.79 Å². The van der Waals surface area contributed by atoms with E-state index in [1.165, 1.54) is 22.7 Å². The molecule has 1 amide bonds. The van der Waals surface area contributed by atoms with Crippen LogP contribution in [-0.2, 0) is 4.79 Å². The van der Waals surface area contributed by atoms with Gasteiger partial charge in [-0.15, -0.1) is 0 Å². The van der Waals surface area contributed by atoms with E-state index in [9.17, 15) is 4.79 Å². The number of rotatable bonds is 6. The number of nitrogens with zero attached hydrogens (tertiary/aromatic N) is 2. The summed E-state index contributed by atoms with van der Waals surface area (Å²) in [6.07, 6.45) is 3.06. The number of anilines is 2. The minimum absolute atomic E-state index is 0.158. The maximum atomic E-state index is 12.6. The molecule has 1 aromatic carbocycles. The minimum atomic E-state index is -0.836. The van der Waals surface area contributed by atoms with Gasteiger partial charge in [-0.2, -0.15) is 0 Å². The summed E-state index contributed by atoms with van der Waals surface area (Å²) < 4.78 is 2.02. The average molecular weight is 364 g/mol. The molecule has 0 saturated carbocycles. The summed E-state index contributed by atoms with van der Waals surface area (Å²) in [5.74, 6) is -0.158. The fourth-order valence-electron chi connectivity index (χ4n) is 2.89. The highest BCUT2D eigenvalue weighted by Crippen LogP contribution is 2.33. The van der Waals surface area contributed by atoms with Gasteiger partial charge in [0.15, 0.2) is 10.3 Å². The molecule has 3 aromatic rings. The molecule has 24 heavy (non-hydrogen) atoms. The van der Waals surface area contributed by atoms with E-state index in [4.69, 9.17) is 11.5 Å². The molecule has 0 spiro atoms. The fraction of sp³-hybridized carbons (Fsp3) is 0.438. The van der Waals surface area contributed by atoms with Crippen molar-refractivity contribution in [3.05, 3.63) is 12.1 Å². The van der Waals surface area contributed by atoms with Crippen LogP contribution in [0.15, 0.2) is 12.1 Å². The van der Waals surface area contributed by atoms with E-state index >= 15 is 0 Å². The van der Waals surface area contributed by atoms with Gasteiger partial charge in [0.05, 0.1) is 26.0 Å². The molecule has 2 aromatic heterocycles. The van der Waals surface area contributed by atoms with Crippen LogP contribution in [0.4, 0.5) is 10.3 Å². The molecule has 0 aliphatic rings. The first-order chi connectivity index (χ1) is 11.4. The molecule has 0 bridgehead atoms. The number of hydrogen-bond donors (Lipinski definition) is 3. The number of hydrogen-bond acceptors (Lipinski definition) is 7. The number of nitrogens with one attached hydrogen (secondary N) is 1.